The van der Waals surface area contributed by atoms with Gasteiger partial charge in [0.1, 0.15) is 0 Å². The van der Waals surface area contributed by atoms with E-state index in [2.05, 4.69) is 23.0 Å². The number of esters is 2. The van der Waals surface area contributed by atoms with Crippen LogP contribution in [0, 0.1) is 5.41 Å². The normalized spacial score (nSPS) is 10.8. The lowest BCUT2D eigenvalue weighted by molar-refractivity contribution is -0.165. The Kier molecular flexibility index (Phi) is 7.26. The lowest BCUT2D eigenvalue weighted by atomic mass is 9.82. The van der Waals surface area contributed by atoms with Crippen molar-refractivity contribution >= 4 is 11.9 Å². The number of methoxy groups -OCH3 is 2. The van der Waals surface area contributed by atoms with Gasteiger partial charge in [0.2, 0.25) is 0 Å². The summed E-state index contributed by atoms with van der Waals surface area (Å²) >= 11 is 0. The monoisotopic (exact) mass is 242 g/mol. The minimum absolute atomic E-state index is 0.385. The third-order valence-electron chi connectivity index (χ3n) is 2.87. The predicted molar refractivity (Wildman–Crippen MR) is 65.4 cm³/mol. The molecule has 4 nitrogen and oxygen atoms in total. The summed E-state index contributed by atoms with van der Waals surface area (Å²) in [6.45, 7) is 5.67. The van der Waals surface area contributed by atoms with Crippen LogP contribution in [0.4, 0.5) is 0 Å². The van der Waals surface area contributed by atoms with E-state index < -0.39 is 17.4 Å². The van der Waals surface area contributed by atoms with Crippen molar-refractivity contribution in [3.8, 4) is 0 Å². The predicted octanol–water partition coefficient (Wildman–Crippen LogP) is 2.48. The molecule has 0 fully saturated rings. The summed E-state index contributed by atoms with van der Waals surface area (Å²) in [6, 6.07) is 0. The molecule has 0 atom stereocenters. The molecule has 4 heteroatoms. The lowest BCUT2D eigenvalue weighted by Gasteiger charge is -2.24. The van der Waals surface area contributed by atoms with Gasteiger partial charge in [0, 0.05) is 0 Å². The minimum atomic E-state index is -1.35. The summed E-state index contributed by atoms with van der Waals surface area (Å²) in [5, 5.41) is 0. The van der Waals surface area contributed by atoms with Gasteiger partial charge in [0.05, 0.1) is 14.2 Å². The number of carbonyl (C=O) groups is 2. The van der Waals surface area contributed by atoms with Gasteiger partial charge in [-0.2, -0.15) is 0 Å². The summed E-state index contributed by atoms with van der Waals surface area (Å²) in [7, 11) is 2.52. The molecule has 0 aliphatic carbocycles. The van der Waals surface area contributed by atoms with Crippen molar-refractivity contribution in [1.82, 2.24) is 0 Å². The van der Waals surface area contributed by atoms with Gasteiger partial charge in [-0.1, -0.05) is 38.7 Å². The molecular formula is C13H22O4. The van der Waals surface area contributed by atoms with E-state index in [4.69, 9.17) is 0 Å². The van der Waals surface area contributed by atoms with Crippen LogP contribution in [-0.2, 0) is 19.1 Å². The van der Waals surface area contributed by atoms with Crippen molar-refractivity contribution in [2.24, 2.45) is 5.41 Å². The second-order valence-electron chi connectivity index (χ2n) is 3.97. The van der Waals surface area contributed by atoms with Gasteiger partial charge < -0.3 is 9.47 Å². The molecule has 0 aromatic carbocycles. The molecule has 0 aliphatic rings. The summed E-state index contributed by atoms with van der Waals surface area (Å²) in [5.74, 6) is -1.20. The summed E-state index contributed by atoms with van der Waals surface area (Å²) < 4.78 is 9.35. The highest BCUT2D eigenvalue weighted by Crippen LogP contribution is 2.30. The fourth-order valence-corrected chi connectivity index (χ4v) is 1.75. The van der Waals surface area contributed by atoms with Crippen molar-refractivity contribution in [2.45, 2.75) is 39.0 Å². The van der Waals surface area contributed by atoms with E-state index in [1.807, 2.05) is 0 Å². The Bertz CT molecular complexity index is 255. The first-order valence-electron chi connectivity index (χ1n) is 5.89. The maximum absolute atomic E-state index is 11.7. The molecule has 0 rings (SSSR count). The van der Waals surface area contributed by atoms with Crippen LogP contribution in [0.2, 0.25) is 0 Å². The zero-order chi connectivity index (χ0) is 13.3. The average Bonchev–Trinajstić information content (AvgIpc) is 2.37. The Balaban J connectivity index is 4.75. The Hall–Kier alpha value is -1.32. The second kappa shape index (κ2) is 7.87. The van der Waals surface area contributed by atoms with Crippen LogP contribution in [0.15, 0.2) is 12.7 Å². The molecule has 0 unspecified atom stereocenters. The SMILES string of the molecule is C=CC(CCCCCC)(C(=O)OC)C(=O)OC. The number of carbonyl (C=O) groups excluding carboxylic acids is 2. The molecule has 0 aliphatic heterocycles. The highest BCUT2D eigenvalue weighted by molar-refractivity contribution is 6.02. The largest absolute Gasteiger partial charge is 0.468 e. The molecule has 98 valence electrons. The highest BCUT2D eigenvalue weighted by atomic mass is 16.5. The Morgan fingerprint density at radius 2 is 1.65 bits per heavy atom. The zero-order valence-corrected chi connectivity index (χ0v) is 11.0. The van der Waals surface area contributed by atoms with Gasteiger partial charge in [-0.15, -0.1) is 6.58 Å². The number of rotatable bonds is 8. The maximum Gasteiger partial charge on any atom is 0.327 e. The number of ether oxygens (including phenoxy) is 2. The van der Waals surface area contributed by atoms with E-state index in [0.717, 1.165) is 25.7 Å². The number of hydrogen-bond acceptors (Lipinski definition) is 4. The van der Waals surface area contributed by atoms with Gasteiger partial charge in [-0.05, 0) is 6.42 Å². The quantitative estimate of drug-likeness (QED) is 0.284. The van der Waals surface area contributed by atoms with Crippen molar-refractivity contribution in [1.29, 1.82) is 0 Å². The number of unbranched alkanes of at least 4 members (excludes halogenated alkanes) is 3. The zero-order valence-electron chi connectivity index (χ0n) is 11.0. The molecule has 0 bridgehead atoms. The molecule has 0 saturated carbocycles. The molecule has 0 amide bonds. The van der Waals surface area contributed by atoms with Crippen molar-refractivity contribution < 1.29 is 19.1 Å². The topological polar surface area (TPSA) is 52.6 Å². The molecule has 0 aromatic heterocycles. The second-order valence-corrected chi connectivity index (χ2v) is 3.97. The Labute approximate surface area is 103 Å². The third kappa shape index (κ3) is 3.88. The van der Waals surface area contributed by atoms with Crippen molar-refractivity contribution in [3.05, 3.63) is 12.7 Å². The van der Waals surface area contributed by atoms with Crippen LogP contribution in [0.5, 0.6) is 0 Å². The minimum Gasteiger partial charge on any atom is -0.468 e. The van der Waals surface area contributed by atoms with E-state index in [1.165, 1.54) is 20.3 Å². The highest BCUT2D eigenvalue weighted by Gasteiger charge is 2.45. The molecule has 0 spiro atoms. The molecule has 0 N–H and O–H groups in total. The molecular weight excluding hydrogens is 220 g/mol. The van der Waals surface area contributed by atoms with Gasteiger partial charge in [-0.3, -0.25) is 9.59 Å². The average molecular weight is 242 g/mol. The fraction of sp³-hybridized carbons (Fsp3) is 0.692. The first-order chi connectivity index (χ1) is 8.08. The van der Waals surface area contributed by atoms with Crippen molar-refractivity contribution in [3.63, 3.8) is 0 Å². The van der Waals surface area contributed by atoms with Gasteiger partial charge >= 0.3 is 11.9 Å². The van der Waals surface area contributed by atoms with E-state index >= 15 is 0 Å². The first-order valence-corrected chi connectivity index (χ1v) is 5.89. The number of hydrogen-bond donors (Lipinski definition) is 0. The Morgan fingerprint density at radius 1 is 1.12 bits per heavy atom. The fourth-order valence-electron chi connectivity index (χ4n) is 1.75. The van der Waals surface area contributed by atoms with E-state index in [-0.39, 0.29) is 0 Å². The molecule has 17 heavy (non-hydrogen) atoms. The first kappa shape index (κ1) is 15.7. The standard InChI is InChI=1S/C13H22O4/c1-5-7-8-9-10-13(6-2,11(14)16-3)12(15)17-4/h6H,2,5,7-10H2,1,3-4H3. The smallest absolute Gasteiger partial charge is 0.327 e. The third-order valence-corrected chi connectivity index (χ3v) is 2.87. The molecule has 0 saturated heterocycles. The van der Waals surface area contributed by atoms with E-state index in [1.54, 1.807) is 0 Å². The van der Waals surface area contributed by atoms with Crippen LogP contribution in [0.3, 0.4) is 0 Å². The van der Waals surface area contributed by atoms with Crippen molar-refractivity contribution in [2.75, 3.05) is 14.2 Å². The molecule has 0 radical (unpaired) electrons. The van der Waals surface area contributed by atoms with Crippen LogP contribution in [0.25, 0.3) is 0 Å². The van der Waals surface area contributed by atoms with Crippen LogP contribution >= 0.6 is 0 Å². The van der Waals surface area contributed by atoms with E-state index in [0.29, 0.717) is 6.42 Å². The maximum atomic E-state index is 11.7. The van der Waals surface area contributed by atoms with Crippen LogP contribution < -0.4 is 0 Å². The van der Waals surface area contributed by atoms with E-state index in [9.17, 15) is 9.59 Å². The Morgan fingerprint density at radius 3 is 2.00 bits per heavy atom. The van der Waals surface area contributed by atoms with Crippen LogP contribution in [0.1, 0.15) is 39.0 Å². The summed E-state index contributed by atoms with van der Waals surface area (Å²) in [6.07, 6.45) is 5.63. The van der Waals surface area contributed by atoms with Gasteiger partial charge in [0.15, 0.2) is 5.41 Å². The van der Waals surface area contributed by atoms with Gasteiger partial charge in [-0.25, -0.2) is 0 Å². The lowest BCUT2D eigenvalue weighted by Crippen LogP contribution is -2.39. The molecule has 0 aromatic rings. The summed E-state index contributed by atoms with van der Waals surface area (Å²) in [5.41, 5.74) is -1.35. The summed E-state index contributed by atoms with van der Waals surface area (Å²) in [4.78, 5) is 23.5. The molecule has 0 heterocycles. The van der Waals surface area contributed by atoms with Crippen LogP contribution in [-0.4, -0.2) is 26.2 Å². The van der Waals surface area contributed by atoms with Gasteiger partial charge in [0.25, 0.3) is 0 Å².